The number of para-hydroxylation sites is 1. The van der Waals surface area contributed by atoms with Crippen molar-refractivity contribution in [2.45, 2.75) is 25.4 Å². The van der Waals surface area contributed by atoms with Gasteiger partial charge in [-0.3, -0.25) is 0 Å². The van der Waals surface area contributed by atoms with Crippen molar-refractivity contribution in [2.75, 3.05) is 6.61 Å². The Bertz CT molecular complexity index is 1150. The molecule has 1 aromatic heterocycles. The fraction of sp³-hybridized carbons (Fsp3) is 0.208. The maximum atomic E-state index is 13.1. The summed E-state index contributed by atoms with van der Waals surface area (Å²) in [6.45, 7) is 0.288. The molecule has 1 fully saturated rings. The second-order valence-electron chi connectivity index (χ2n) is 7.26. The Labute approximate surface area is 168 Å². The standard InChI is InChI=1S/C24H19NO4/c26-23-20(12-13-28-23)29-24(27)21-17-8-4-5-9-19(17)25-22-16(10-11-18(21)22)14-15-6-2-1-3-7-15/h1-9,14,20H,10-13H2/b16-14+/t20-/m0/s1. The zero-order valence-corrected chi connectivity index (χ0v) is 15.8. The van der Waals surface area contributed by atoms with Crippen molar-refractivity contribution in [1.29, 1.82) is 0 Å². The molecular weight excluding hydrogens is 366 g/mol. The maximum absolute atomic E-state index is 13.1. The molecule has 1 aliphatic heterocycles. The van der Waals surface area contributed by atoms with Gasteiger partial charge in [-0.1, -0.05) is 48.5 Å². The van der Waals surface area contributed by atoms with E-state index in [0.717, 1.165) is 39.7 Å². The van der Waals surface area contributed by atoms with Crippen LogP contribution in [0.5, 0.6) is 0 Å². The van der Waals surface area contributed by atoms with E-state index in [2.05, 4.69) is 6.08 Å². The van der Waals surface area contributed by atoms with Gasteiger partial charge in [0, 0.05) is 11.8 Å². The summed E-state index contributed by atoms with van der Waals surface area (Å²) in [4.78, 5) is 29.7. The fourth-order valence-corrected chi connectivity index (χ4v) is 4.04. The number of hydrogen-bond donors (Lipinski definition) is 0. The predicted octanol–water partition coefficient (Wildman–Crippen LogP) is 4.19. The van der Waals surface area contributed by atoms with Crippen LogP contribution in [0.2, 0.25) is 0 Å². The minimum Gasteiger partial charge on any atom is -0.463 e. The van der Waals surface area contributed by atoms with Crippen LogP contribution in [-0.4, -0.2) is 29.6 Å². The Balaban J connectivity index is 1.62. The molecule has 0 N–H and O–H groups in total. The summed E-state index contributed by atoms with van der Waals surface area (Å²) in [5.74, 6) is -0.956. The van der Waals surface area contributed by atoms with Crippen molar-refractivity contribution >= 4 is 34.5 Å². The summed E-state index contributed by atoms with van der Waals surface area (Å²) in [6, 6.07) is 17.6. The first-order valence-electron chi connectivity index (χ1n) is 9.76. The molecule has 0 unspecified atom stereocenters. The second kappa shape index (κ2) is 7.17. The van der Waals surface area contributed by atoms with Gasteiger partial charge >= 0.3 is 11.9 Å². The van der Waals surface area contributed by atoms with Gasteiger partial charge < -0.3 is 9.47 Å². The molecule has 0 amide bonds. The number of carbonyl (C=O) groups is 2. The summed E-state index contributed by atoms with van der Waals surface area (Å²) < 4.78 is 10.5. The SMILES string of the molecule is O=C(O[C@H]1CCOC1=O)c1c2c(nc3ccccc13)/C(=C/c1ccccc1)CC2. The molecule has 29 heavy (non-hydrogen) atoms. The van der Waals surface area contributed by atoms with Crippen molar-refractivity contribution in [1.82, 2.24) is 4.98 Å². The van der Waals surface area contributed by atoms with Gasteiger partial charge in [0.1, 0.15) is 0 Å². The number of nitrogens with zero attached hydrogens (tertiary/aromatic N) is 1. The highest BCUT2D eigenvalue weighted by Gasteiger charge is 2.33. The number of cyclic esters (lactones) is 1. The lowest BCUT2D eigenvalue weighted by Gasteiger charge is -2.14. The molecule has 0 spiro atoms. The molecule has 5 rings (SSSR count). The molecule has 2 aromatic carbocycles. The van der Waals surface area contributed by atoms with Crippen molar-refractivity contribution in [3.8, 4) is 0 Å². The largest absolute Gasteiger partial charge is 0.463 e. The van der Waals surface area contributed by atoms with Crippen LogP contribution in [0.4, 0.5) is 0 Å². The highest BCUT2D eigenvalue weighted by Crippen LogP contribution is 2.38. The predicted molar refractivity (Wildman–Crippen MR) is 109 cm³/mol. The van der Waals surface area contributed by atoms with Crippen LogP contribution >= 0.6 is 0 Å². The summed E-state index contributed by atoms with van der Waals surface area (Å²) in [5.41, 5.74) is 5.19. The number of esters is 2. The lowest BCUT2D eigenvalue weighted by atomic mass is 10.0. The highest BCUT2D eigenvalue weighted by molar-refractivity contribution is 6.07. The average Bonchev–Trinajstić information content (AvgIpc) is 3.33. The van der Waals surface area contributed by atoms with Crippen LogP contribution in [-0.2, 0) is 20.7 Å². The summed E-state index contributed by atoms with van der Waals surface area (Å²) >= 11 is 0. The average molecular weight is 385 g/mol. The topological polar surface area (TPSA) is 65.5 Å². The third-order valence-corrected chi connectivity index (χ3v) is 5.42. The van der Waals surface area contributed by atoms with Gasteiger partial charge in [0.25, 0.3) is 0 Å². The minimum atomic E-state index is -0.828. The van der Waals surface area contributed by atoms with E-state index < -0.39 is 18.0 Å². The van der Waals surface area contributed by atoms with Gasteiger partial charge in [0.05, 0.1) is 23.4 Å². The van der Waals surface area contributed by atoms with Gasteiger partial charge in [-0.15, -0.1) is 0 Å². The van der Waals surface area contributed by atoms with Crippen LogP contribution in [0.25, 0.3) is 22.6 Å². The highest BCUT2D eigenvalue weighted by atomic mass is 16.6. The van der Waals surface area contributed by atoms with Gasteiger partial charge in [-0.25, -0.2) is 14.6 Å². The van der Waals surface area contributed by atoms with E-state index in [1.54, 1.807) is 0 Å². The molecular formula is C24H19NO4. The first-order chi connectivity index (χ1) is 14.2. The van der Waals surface area contributed by atoms with E-state index >= 15 is 0 Å². The molecule has 1 saturated heterocycles. The van der Waals surface area contributed by atoms with Crippen LogP contribution in [0.1, 0.15) is 40.0 Å². The number of ether oxygens (including phenoxy) is 2. The lowest BCUT2D eigenvalue weighted by Crippen LogP contribution is -2.23. The maximum Gasteiger partial charge on any atom is 0.347 e. The molecule has 0 saturated carbocycles. The number of fused-ring (bicyclic) bond motifs is 2. The van der Waals surface area contributed by atoms with Crippen molar-refractivity contribution in [3.63, 3.8) is 0 Å². The molecule has 0 radical (unpaired) electrons. The number of carbonyl (C=O) groups excluding carboxylic acids is 2. The number of benzene rings is 2. The Morgan fingerprint density at radius 1 is 1.07 bits per heavy atom. The van der Waals surface area contributed by atoms with E-state index in [4.69, 9.17) is 14.5 Å². The number of rotatable bonds is 3. The third-order valence-electron chi connectivity index (χ3n) is 5.42. The monoisotopic (exact) mass is 385 g/mol. The van der Waals surface area contributed by atoms with Gasteiger partial charge in [0.2, 0.25) is 6.10 Å². The molecule has 2 heterocycles. The van der Waals surface area contributed by atoms with Gasteiger partial charge in [0.15, 0.2) is 0 Å². The van der Waals surface area contributed by atoms with Gasteiger partial charge in [-0.2, -0.15) is 0 Å². The lowest BCUT2D eigenvalue weighted by molar-refractivity contribution is -0.145. The zero-order chi connectivity index (χ0) is 19.8. The Kier molecular flexibility index (Phi) is 4.35. The molecule has 5 heteroatoms. The van der Waals surface area contributed by atoms with Crippen molar-refractivity contribution < 1.29 is 19.1 Å². The normalized spacial score (nSPS) is 19.4. The van der Waals surface area contributed by atoms with Crippen LogP contribution in [0, 0.1) is 0 Å². The first-order valence-corrected chi connectivity index (χ1v) is 9.76. The number of aromatic nitrogens is 1. The summed E-state index contributed by atoms with van der Waals surface area (Å²) in [7, 11) is 0. The van der Waals surface area contributed by atoms with E-state index in [1.165, 1.54) is 0 Å². The Morgan fingerprint density at radius 2 is 1.86 bits per heavy atom. The van der Waals surface area contributed by atoms with E-state index in [9.17, 15) is 9.59 Å². The zero-order valence-electron chi connectivity index (χ0n) is 15.8. The van der Waals surface area contributed by atoms with Crippen LogP contribution in [0.3, 0.4) is 0 Å². The quantitative estimate of drug-likeness (QED) is 0.633. The number of pyridine rings is 1. The summed E-state index contributed by atoms with van der Waals surface area (Å²) in [6.07, 6.45) is 3.21. The molecule has 144 valence electrons. The number of allylic oxidation sites excluding steroid dienone is 1. The first kappa shape index (κ1) is 17.6. The third kappa shape index (κ3) is 3.18. The Hall–Kier alpha value is -3.47. The summed E-state index contributed by atoms with van der Waals surface area (Å²) in [5, 5.41) is 0.753. The van der Waals surface area contributed by atoms with Gasteiger partial charge in [-0.05, 0) is 41.7 Å². The van der Waals surface area contributed by atoms with Crippen LogP contribution in [0.15, 0.2) is 54.6 Å². The second-order valence-corrected chi connectivity index (χ2v) is 7.26. The fourth-order valence-electron chi connectivity index (χ4n) is 4.04. The smallest absolute Gasteiger partial charge is 0.347 e. The van der Waals surface area contributed by atoms with E-state index in [1.807, 2.05) is 54.6 Å². The molecule has 0 bridgehead atoms. The van der Waals surface area contributed by atoms with Crippen molar-refractivity contribution in [3.05, 3.63) is 77.0 Å². The Morgan fingerprint density at radius 3 is 2.66 bits per heavy atom. The molecule has 2 aliphatic rings. The van der Waals surface area contributed by atoms with E-state index in [-0.39, 0.29) is 6.61 Å². The van der Waals surface area contributed by atoms with Crippen molar-refractivity contribution in [2.24, 2.45) is 0 Å². The van der Waals surface area contributed by atoms with E-state index in [0.29, 0.717) is 18.4 Å². The molecule has 5 nitrogen and oxygen atoms in total. The number of hydrogen-bond acceptors (Lipinski definition) is 5. The van der Waals surface area contributed by atoms with Crippen LogP contribution < -0.4 is 0 Å². The molecule has 1 atom stereocenters. The molecule has 3 aromatic rings. The minimum absolute atomic E-state index is 0.288. The molecule has 1 aliphatic carbocycles.